The van der Waals surface area contributed by atoms with E-state index in [0.29, 0.717) is 18.8 Å². The third-order valence-corrected chi connectivity index (χ3v) is 8.19. The van der Waals surface area contributed by atoms with Crippen LogP contribution in [0.3, 0.4) is 0 Å². The summed E-state index contributed by atoms with van der Waals surface area (Å²) in [5.41, 5.74) is 1.82. The summed E-state index contributed by atoms with van der Waals surface area (Å²) in [6.07, 6.45) is 2.14. The molecule has 2 unspecified atom stereocenters. The topological polar surface area (TPSA) is 89.0 Å². The lowest BCUT2D eigenvalue weighted by molar-refractivity contribution is -0.158. The number of pyridine rings is 1. The van der Waals surface area contributed by atoms with E-state index in [4.69, 9.17) is 14.5 Å². The van der Waals surface area contributed by atoms with E-state index in [1.165, 1.54) is 0 Å². The number of nitrogens with zero attached hydrogens (tertiary/aromatic N) is 2. The first-order chi connectivity index (χ1) is 21.2. The van der Waals surface area contributed by atoms with E-state index in [2.05, 4.69) is 15.9 Å². The minimum atomic E-state index is -1.33. The fraction of sp³-hybridized carbons (Fsp3) is 0.194. The van der Waals surface area contributed by atoms with Crippen LogP contribution in [0.5, 0.6) is 5.88 Å². The number of halogens is 1. The molecule has 0 fully saturated rings. The molecule has 1 aromatic heterocycles. The highest BCUT2D eigenvalue weighted by Gasteiger charge is 2.48. The fourth-order valence-electron chi connectivity index (χ4n) is 5.80. The summed E-state index contributed by atoms with van der Waals surface area (Å²) in [7, 11) is 5.51. The predicted octanol–water partition coefficient (Wildman–Crippen LogP) is 7.32. The average molecular weight is 654 g/mol. The van der Waals surface area contributed by atoms with Crippen molar-refractivity contribution in [2.45, 2.75) is 17.9 Å². The summed E-state index contributed by atoms with van der Waals surface area (Å²) in [5.74, 6) is -2.21. The second kappa shape index (κ2) is 13.4. The van der Waals surface area contributed by atoms with Crippen molar-refractivity contribution >= 4 is 49.5 Å². The Bertz CT molecular complexity index is 1830. The van der Waals surface area contributed by atoms with E-state index >= 15 is 0 Å². The zero-order chi connectivity index (χ0) is 31.3. The smallest absolute Gasteiger partial charge is 0.331 e. The molecule has 5 rings (SSSR count). The third kappa shape index (κ3) is 6.51. The molecule has 0 aliphatic carbocycles. The van der Waals surface area contributed by atoms with Crippen molar-refractivity contribution < 1.29 is 24.2 Å². The molecule has 0 bridgehead atoms. The zero-order valence-electron chi connectivity index (χ0n) is 24.7. The van der Waals surface area contributed by atoms with Crippen LogP contribution < -0.4 is 4.74 Å². The number of aliphatic carboxylic acids is 1. The van der Waals surface area contributed by atoms with Crippen LogP contribution in [0.2, 0.25) is 0 Å². The summed E-state index contributed by atoms with van der Waals surface area (Å²) in [5, 5.41) is 12.1. The summed E-state index contributed by atoms with van der Waals surface area (Å²) in [4.78, 5) is 32.0. The van der Waals surface area contributed by atoms with Gasteiger partial charge in [0.05, 0.1) is 18.5 Å². The minimum absolute atomic E-state index is 0.375. The maximum absolute atomic E-state index is 13.7. The van der Waals surface area contributed by atoms with Gasteiger partial charge in [-0.2, -0.15) is 0 Å². The monoisotopic (exact) mass is 652 g/mol. The quantitative estimate of drug-likeness (QED) is 0.118. The third-order valence-electron chi connectivity index (χ3n) is 7.69. The first-order valence-electron chi connectivity index (χ1n) is 14.2. The predicted molar refractivity (Wildman–Crippen MR) is 176 cm³/mol. The van der Waals surface area contributed by atoms with Gasteiger partial charge in [0, 0.05) is 46.1 Å². The van der Waals surface area contributed by atoms with Gasteiger partial charge in [-0.05, 0) is 54.7 Å². The number of hydrogen-bond acceptors (Lipinski definition) is 6. The molecule has 0 aliphatic heterocycles. The van der Waals surface area contributed by atoms with Crippen molar-refractivity contribution in [1.82, 2.24) is 9.88 Å². The van der Waals surface area contributed by atoms with Gasteiger partial charge in [-0.25, -0.2) is 14.6 Å². The van der Waals surface area contributed by atoms with E-state index in [1.807, 2.05) is 116 Å². The Morgan fingerprint density at radius 2 is 1.66 bits per heavy atom. The van der Waals surface area contributed by atoms with E-state index < -0.39 is 23.5 Å². The molecule has 7 nitrogen and oxygen atoms in total. The minimum Gasteiger partial charge on any atom is -0.481 e. The van der Waals surface area contributed by atoms with Gasteiger partial charge < -0.3 is 19.5 Å². The van der Waals surface area contributed by atoms with Crippen molar-refractivity contribution in [3.05, 3.63) is 130 Å². The molecule has 1 heterocycles. The van der Waals surface area contributed by atoms with E-state index in [1.54, 1.807) is 7.11 Å². The van der Waals surface area contributed by atoms with Gasteiger partial charge >= 0.3 is 11.9 Å². The van der Waals surface area contributed by atoms with Crippen LogP contribution in [0.25, 0.3) is 21.7 Å². The van der Waals surface area contributed by atoms with Crippen LogP contribution >= 0.6 is 15.9 Å². The number of aromatic nitrogens is 1. The van der Waals surface area contributed by atoms with Gasteiger partial charge in [-0.15, -0.1) is 0 Å². The highest BCUT2D eigenvalue weighted by atomic mass is 79.9. The summed E-state index contributed by atoms with van der Waals surface area (Å²) in [6.45, 7) is 0.553. The van der Waals surface area contributed by atoms with Crippen molar-refractivity contribution in [2.75, 3.05) is 27.7 Å². The number of ether oxygens (including phenoxy) is 2. The highest BCUT2D eigenvalue weighted by molar-refractivity contribution is 9.10. The molecule has 4 aromatic carbocycles. The van der Waals surface area contributed by atoms with Crippen LogP contribution in [-0.2, 0) is 19.9 Å². The number of benzene rings is 4. The number of carbonyl (C=O) groups excluding carboxylic acids is 1. The Kier molecular flexibility index (Phi) is 9.42. The maximum Gasteiger partial charge on any atom is 0.331 e. The first-order valence-corrected chi connectivity index (χ1v) is 15.0. The Morgan fingerprint density at radius 3 is 2.39 bits per heavy atom. The van der Waals surface area contributed by atoms with Gasteiger partial charge in [-0.3, -0.25) is 0 Å². The van der Waals surface area contributed by atoms with Crippen molar-refractivity contribution in [3.8, 4) is 5.88 Å². The van der Waals surface area contributed by atoms with Crippen molar-refractivity contribution in [2.24, 2.45) is 0 Å². The van der Waals surface area contributed by atoms with Gasteiger partial charge in [-0.1, -0.05) is 88.7 Å². The van der Waals surface area contributed by atoms with Crippen LogP contribution in [0.4, 0.5) is 0 Å². The fourth-order valence-corrected chi connectivity index (χ4v) is 6.18. The van der Waals surface area contributed by atoms with Crippen LogP contribution in [0.15, 0.2) is 114 Å². The lowest BCUT2D eigenvalue weighted by atomic mass is 9.70. The zero-order valence-corrected chi connectivity index (χ0v) is 26.3. The van der Waals surface area contributed by atoms with Gasteiger partial charge in [0.1, 0.15) is 0 Å². The molecular formula is C36H33BrN2O5. The van der Waals surface area contributed by atoms with E-state index in [9.17, 15) is 14.7 Å². The van der Waals surface area contributed by atoms with Gasteiger partial charge in [0.25, 0.3) is 0 Å². The lowest BCUT2D eigenvalue weighted by Gasteiger charge is -2.42. The number of methoxy groups -OCH3 is 1. The van der Waals surface area contributed by atoms with Crippen molar-refractivity contribution in [1.29, 1.82) is 0 Å². The Hall–Kier alpha value is -4.53. The van der Waals surface area contributed by atoms with Crippen molar-refractivity contribution in [3.63, 3.8) is 0 Å². The number of carboxylic acids is 1. The number of rotatable bonds is 11. The van der Waals surface area contributed by atoms with Crippen LogP contribution in [0.1, 0.15) is 29.0 Å². The van der Waals surface area contributed by atoms with E-state index in [0.717, 1.165) is 55.0 Å². The molecule has 2 atom stereocenters. The van der Waals surface area contributed by atoms with Gasteiger partial charge in [0.2, 0.25) is 5.88 Å². The molecule has 224 valence electrons. The Balaban J connectivity index is 1.91. The van der Waals surface area contributed by atoms with E-state index in [-0.39, 0.29) is 0 Å². The number of carbonyl (C=O) groups is 2. The largest absolute Gasteiger partial charge is 0.481 e. The SMILES string of the molecule is COc1nc2ccc(Br)cc2cc1C(c1ccccc1)C(CCN(C)C)(OC(=O)/C=C/C(=O)O)c1cccc2ccccc12. The maximum atomic E-state index is 13.7. The summed E-state index contributed by atoms with van der Waals surface area (Å²) in [6, 6.07) is 31.7. The highest BCUT2D eigenvalue weighted by Crippen LogP contribution is 2.51. The Morgan fingerprint density at radius 1 is 0.932 bits per heavy atom. The molecule has 0 spiro atoms. The molecule has 8 heteroatoms. The molecule has 0 saturated heterocycles. The molecule has 44 heavy (non-hydrogen) atoms. The Labute approximate surface area is 264 Å². The molecular weight excluding hydrogens is 620 g/mol. The molecule has 0 aliphatic rings. The molecule has 5 aromatic rings. The van der Waals surface area contributed by atoms with Crippen LogP contribution in [-0.4, -0.2) is 54.7 Å². The summed E-state index contributed by atoms with van der Waals surface area (Å²) < 4.78 is 13.5. The van der Waals surface area contributed by atoms with Gasteiger partial charge in [0.15, 0.2) is 5.60 Å². The number of carboxylic acid groups (broad SMARTS) is 1. The van der Waals surface area contributed by atoms with Crippen LogP contribution in [0, 0.1) is 0 Å². The first kappa shape index (κ1) is 30.9. The molecule has 0 saturated carbocycles. The number of fused-ring (bicyclic) bond motifs is 2. The average Bonchev–Trinajstić information content (AvgIpc) is 3.02. The standard InChI is InChI=1S/C36H33BrN2O5/c1-39(2)21-20-36(44-33(42)19-18-32(40)41,30-15-9-13-24-10-7-8-14-28(24)30)34(25-11-5-4-6-12-25)29-23-26-22-27(37)16-17-31(26)38-35(29)43-3/h4-19,22-23,34H,20-21H2,1-3H3,(H,40,41)/b19-18+. The number of hydrogen-bond donors (Lipinski definition) is 1. The normalized spacial score (nSPS) is 13.7. The second-order valence-electron chi connectivity index (χ2n) is 10.8. The molecule has 0 amide bonds. The molecule has 1 N–H and O–H groups in total. The summed E-state index contributed by atoms with van der Waals surface area (Å²) >= 11 is 3.59. The lowest BCUT2D eigenvalue weighted by Crippen LogP contribution is -2.42. The second-order valence-corrected chi connectivity index (χ2v) is 11.7. The number of esters is 1. The molecule has 0 radical (unpaired) electrons.